The standard InChI is InChI=1S/C12H19NO/c1-3-4-10-5-7-11(8-6-10)12(13)9(2)14/h5-9,12,14H,3-4,13H2,1-2H3/t9-,12+/m0/s1. The highest BCUT2D eigenvalue weighted by Crippen LogP contribution is 2.15. The number of benzene rings is 1. The molecular weight excluding hydrogens is 174 g/mol. The van der Waals surface area contributed by atoms with Crippen LogP contribution < -0.4 is 5.73 Å². The highest BCUT2D eigenvalue weighted by molar-refractivity contribution is 5.25. The molecule has 0 heterocycles. The van der Waals surface area contributed by atoms with Crippen LogP contribution in [0, 0.1) is 0 Å². The third-order valence-corrected chi connectivity index (χ3v) is 2.42. The van der Waals surface area contributed by atoms with E-state index in [1.54, 1.807) is 6.92 Å². The maximum absolute atomic E-state index is 9.32. The molecule has 0 radical (unpaired) electrons. The van der Waals surface area contributed by atoms with Crippen molar-refractivity contribution < 1.29 is 5.11 Å². The van der Waals surface area contributed by atoms with Crippen LogP contribution in [0.4, 0.5) is 0 Å². The van der Waals surface area contributed by atoms with Crippen LogP contribution in [0.15, 0.2) is 24.3 Å². The predicted molar refractivity (Wildman–Crippen MR) is 59.0 cm³/mol. The highest BCUT2D eigenvalue weighted by atomic mass is 16.3. The molecule has 0 aliphatic heterocycles. The summed E-state index contributed by atoms with van der Waals surface area (Å²) in [6, 6.07) is 7.90. The molecule has 2 nitrogen and oxygen atoms in total. The van der Waals surface area contributed by atoms with E-state index in [1.165, 1.54) is 5.56 Å². The Kier molecular flexibility index (Phi) is 4.11. The van der Waals surface area contributed by atoms with Crippen molar-refractivity contribution in [1.29, 1.82) is 0 Å². The summed E-state index contributed by atoms with van der Waals surface area (Å²) in [4.78, 5) is 0. The van der Waals surface area contributed by atoms with Gasteiger partial charge in [-0.25, -0.2) is 0 Å². The lowest BCUT2D eigenvalue weighted by Crippen LogP contribution is -2.22. The minimum atomic E-state index is -0.493. The fourth-order valence-corrected chi connectivity index (χ4v) is 1.47. The van der Waals surface area contributed by atoms with E-state index in [2.05, 4.69) is 19.1 Å². The van der Waals surface area contributed by atoms with Gasteiger partial charge in [0.2, 0.25) is 0 Å². The quantitative estimate of drug-likeness (QED) is 0.768. The second kappa shape index (κ2) is 5.13. The van der Waals surface area contributed by atoms with Crippen LogP contribution in [0.25, 0.3) is 0 Å². The first-order valence-corrected chi connectivity index (χ1v) is 5.17. The highest BCUT2D eigenvalue weighted by Gasteiger charge is 2.10. The van der Waals surface area contributed by atoms with Crippen molar-refractivity contribution in [3.8, 4) is 0 Å². The van der Waals surface area contributed by atoms with Crippen molar-refractivity contribution in [3.63, 3.8) is 0 Å². The average Bonchev–Trinajstić information content (AvgIpc) is 2.18. The van der Waals surface area contributed by atoms with Gasteiger partial charge in [-0.15, -0.1) is 0 Å². The van der Waals surface area contributed by atoms with Crippen molar-refractivity contribution in [1.82, 2.24) is 0 Å². The maximum Gasteiger partial charge on any atom is 0.0704 e. The molecule has 78 valence electrons. The summed E-state index contributed by atoms with van der Waals surface area (Å²) in [5.41, 5.74) is 8.14. The lowest BCUT2D eigenvalue weighted by atomic mass is 10.0. The van der Waals surface area contributed by atoms with Gasteiger partial charge in [-0.1, -0.05) is 37.6 Å². The summed E-state index contributed by atoms with van der Waals surface area (Å²) < 4.78 is 0. The predicted octanol–water partition coefficient (Wildman–Crippen LogP) is 2.02. The van der Waals surface area contributed by atoms with Gasteiger partial charge in [0.15, 0.2) is 0 Å². The first-order chi connectivity index (χ1) is 6.65. The molecule has 0 spiro atoms. The molecule has 0 bridgehead atoms. The van der Waals surface area contributed by atoms with Gasteiger partial charge in [0, 0.05) is 0 Å². The summed E-state index contributed by atoms with van der Waals surface area (Å²) in [5.74, 6) is 0. The van der Waals surface area contributed by atoms with E-state index in [0.717, 1.165) is 18.4 Å². The van der Waals surface area contributed by atoms with Crippen LogP contribution >= 0.6 is 0 Å². The fraction of sp³-hybridized carbons (Fsp3) is 0.500. The Hall–Kier alpha value is -0.860. The Bertz CT molecular complexity index is 266. The van der Waals surface area contributed by atoms with Gasteiger partial charge in [0.1, 0.15) is 0 Å². The molecule has 1 aromatic rings. The van der Waals surface area contributed by atoms with E-state index < -0.39 is 6.10 Å². The van der Waals surface area contributed by atoms with Gasteiger partial charge in [-0.05, 0) is 24.5 Å². The Morgan fingerprint density at radius 1 is 1.29 bits per heavy atom. The molecule has 2 heteroatoms. The second-order valence-corrected chi connectivity index (χ2v) is 3.76. The van der Waals surface area contributed by atoms with Gasteiger partial charge >= 0.3 is 0 Å². The number of nitrogens with two attached hydrogens (primary N) is 1. The lowest BCUT2D eigenvalue weighted by molar-refractivity contribution is 0.164. The van der Waals surface area contributed by atoms with Crippen molar-refractivity contribution >= 4 is 0 Å². The largest absolute Gasteiger partial charge is 0.391 e. The minimum absolute atomic E-state index is 0.273. The molecular formula is C12H19NO. The molecule has 0 saturated heterocycles. The van der Waals surface area contributed by atoms with E-state index in [1.807, 2.05) is 12.1 Å². The van der Waals surface area contributed by atoms with E-state index >= 15 is 0 Å². The van der Waals surface area contributed by atoms with E-state index in [0.29, 0.717) is 0 Å². The topological polar surface area (TPSA) is 46.2 Å². The normalized spacial score (nSPS) is 15.1. The van der Waals surface area contributed by atoms with Crippen LogP contribution in [-0.2, 0) is 6.42 Å². The first-order valence-electron chi connectivity index (χ1n) is 5.17. The Labute approximate surface area is 85.8 Å². The van der Waals surface area contributed by atoms with E-state index in [9.17, 15) is 5.11 Å². The zero-order valence-electron chi connectivity index (χ0n) is 8.90. The smallest absolute Gasteiger partial charge is 0.0704 e. The van der Waals surface area contributed by atoms with Gasteiger partial charge in [0.25, 0.3) is 0 Å². The number of aliphatic hydroxyl groups is 1. The minimum Gasteiger partial charge on any atom is -0.391 e. The Morgan fingerprint density at radius 2 is 1.86 bits per heavy atom. The first kappa shape index (κ1) is 11.2. The third kappa shape index (κ3) is 2.82. The summed E-state index contributed by atoms with van der Waals surface area (Å²) in [6.07, 6.45) is 1.76. The van der Waals surface area contributed by atoms with Gasteiger partial charge in [0.05, 0.1) is 12.1 Å². The van der Waals surface area contributed by atoms with Gasteiger partial charge < -0.3 is 10.8 Å². The Morgan fingerprint density at radius 3 is 2.29 bits per heavy atom. The molecule has 3 N–H and O–H groups in total. The molecule has 1 aromatic carbocycles. The average molecular weight is 193 g/mol. The van der Waals surface area contributed by atoms with Crippen LogP contribution in [0.3, 0.4) is 0 Å². The van der Waals surface area contributed by atoms with Gasteiger partial charge in [-0.3, -0.25) is 0 Å². The maximum atomic E-state index is 9.32. The summed E-state index contributed by atoms with van der Waals surface area (Å²) in [6.45, 7) is 3.88. The molecule has 2 atom stereocenters. The summed E-state index contributed by atoms with van der Waals surface area (Å²) in [5, 5.41) is 9.32. The van der Waals surface area contributed by atoms with Crippen LogP contribution in [0.5, 0.6) is 0 Å². The fourth-order valence-electron chi connectivity index (χ4n) is 1.47. The molecule has 0 fully saturated rings. The third-order valence-electron chi connectivity index (χ3n) is 2.42. The molecule has 1 rings (SSSR count). The summed E-state index contributed by atoms with van der Waals surface area (Å²) in [7, 11) is 0. The van der Waals surface area contributed by atoms with Crippen LogP contribution in [0.2, 0.25) is 0 Å². The number of hydrogen-bond donors (Lipinski definition) is 2. The molecule has 14 heavy (non-hydrogen) atoms. The van der Waals surface area contributed by atoms with Crippen LogP contribution in [0.1, 0.15) is 37.4 Å². The Balaban J connectivity index is 2.72. The lowest BCUT2D eigenvalue weighted by Gasteiger charge is -2.15. The SMILES string of the molecule is CCCc1ccc([C@H](N)[C@H](C)O)cc1. The van der Waals surface area contributed by atoms with Crippen LogP contribution in [-0.4, -0.2) is 11.2 Å². The molecule has 0 aliphatic carbocycles. The number of hydrogen-bond acceptors (Lipinski definition) is 2. The zero-order valence-corrected chi connectivity index (χ0v) is 8.90. The number of aliphatic hydroxyl groups excluding tert-OH is 1. The number of rotatable bonds is 4. The van der Waals surface area contributed by atoms with E-state index in [4.69, 9.17) is 5.73 Å². The number of aryl methyl sites for hydroxylation is 1. The monoisotopic (exact) mass is 193 g/mol. The summed E-state index contributed by atoms with van der Waals surface area (Å²) >= 11 is 0. The van der Waals surface area contributed by atoms with E-state index in [-0.39, 0.29) is 6.04 Å². The van der Waals surface area contributed by atoms with Crippen molar-refractivity contribution in [2.45, 2.75) is 38.8 Å². The molecule has 0 aliphatic rings. The zero-order chi connectivity index (χ0) is 10.6. The molecule has 0 unspecified atom stereocenters. The molecule has 0 saturated carbocycles. The van der Waals surface area contributed by atoms with Crippen molar-refractivity contribution in [2.75, 3.05) is 0 Å². The second-order valence-electron chi connectivity index (χ2n) is 3.76. The molecule has 0 aromatic heterocycles. The molecule has 0 amide bonds. The van der Waals surface area contributed by atoms with Crippen molar-refractivity contribution in [2.24, 2.45) is 5.73 Å². The van der Waals surface area contributed by atoms with Crippen molar-refractivity contribution in [3.05, 3.63) is 35.4 Å². The van der Waals surface area contributed by atoms with Gasteiger partial charge in [-0.2, -0.15) is 0 Å².